The van der Waals surface area contributed by atoms with Crippen LogP contribution >= 0.6 is 11.6 Å². The number of ether oxygens (including phenoxy) is 2. The van der Waals surface area contributed by atoms with Gasteiger partial charge in [0.2, 0.25) is 0 Å². The molecule has 1 heterocycles. The molecule has 0 spiro atoms. The van der Waals surface area contributed by atoms with Gasteiger partial charge in [0.1, 0.15) is 17.1 Å². The summed E-state index contributed by atoms with van der Waals surface area (Å²) in [6.07, 6.45) is 1.32. The highest BCUT2D eigenvalue weighted by molar-refractivity contribution is 6.39. The van der Waals surface area contributed by atoms with Gasteiger partial charge in [0.25, 0.3) is 17.7 Å². The van der Waals surface area contributed by atoms with E-state index in [9.17, 15) is 19.2 Å². The molecule has 1 saturated heterocycles. The number of hydrogen-bond donors (Lipinski definition) is 2. The first kappa shape index (κ1) is 25.5. The van der Waals surface area contributed by atoms with Gasteiger partial charge in [-0.25, -0.2) is 9.69 Å². The SMILES string of the molecule is COc1ccc(N2C(=O)NC(=O)/C(=C\c3ccc(OCC(=O)Nc4cccc(C)c4)c(Cl)c3)C2=O)cc1. The third-order valence-electron chi connectivity index (χ3n) is 5.36. The van der Waals surface area contributed by atoms with Crippen LogP contribution in [0.4, 0.5) is 16.2 Å². The molecule has 0 aliphatic carbocycles. The van der Waals surface area contributed by atoms with Crippen molar-refractivity contribution in [2.75, 3.05) is 23.9 Å². The maximum atomic E-state index is 13.0. The lowest BCUT2D eigenvalue weighted by Crippen LogP contribution is -2.54. The van der Waals surface area contributed by atoms with Crippen LogP contribution in [0.3, 0.4) is 0 Å². The van der Waals surface area contributed by atoms with Crippen LogP contribution in [0.5, 0.6) is 11.5 Å². The second-order valence-corrected chi connectivity index (χ2v) is 8.46. The molecule has 1 aliphatic rings. The minimum atomic E-state index is -0.858. The number of barbiturate groups is 1. The zero-order valence-corrected chi connectivity index (χ0v) is 20.7. The van der Waals surface area contributed by atoms with Crippen LogP contribution in [0, 0.1) is 6.92 Å². The van der Waals surface area contributed by atoms with Crippen molar-refractivity contribution in [2.24, 2.45) is 0 Å². The number of carbonyl (C=O) groups is 4. The maximum Gasteiger partial charge on any atom is 0.335 e. The summed E-state index contributed by atoms with van der Waals surface area (Å²) in [4.78, 5) is 50.9. The van der Waals surface area contributed by atoms with Crippen molar-refractivity contribution < 1.29 is 28.7 Å². The molecule has 0 atom stereocenters. The van der Waals surface area contributed by atoms with E-state index in [0.717, 1.165) is 10.5 Å². The van der Waals surface area contributed by atoms with Crippen molar-refractivity contribution in [3.05, 3.63) is 88.5 Å². The van der Waals surface area contributed by atoms with Gasteiger partial charge in [0.05, 0.1) is 17.8 Å². The number of methoxy groups -OCH3 is 1. The van der Waals surface area contributed by atoms with Crippen LogP contribution in [0.1, 0.15) is 11.1 Å². The van der Waals surface area contributed by atoms with Crippen LogP contribution < -0.4 is 25.0 Å². The predicted molar refractivity (Wildman–Crippen MR) is 139 cm³/mol. The van der Waals surface area contributed by atoms with Crippen molar-refractivity contribution in [2.45, 2.75) is 6.92 Å². The molecule has 0 bridgehead atoms. The molecule has 37 heavy (non-hydrogen) atoms. The summed E-state index contributed by atoms with van der Waals surface area (Å²) in [6.45, 7) is 1.65. The zero-order valence-electron chi connectivity index (χ0n) is 19.9. The summed E-state index contributed by atoms with van der Waals surface area (Å²) in [7, 11) is 1.50. The fourth-order valence-electron chi connectivity index (χ4n) is 3.58. The van der Waals surface area contributed by atoms with Gasteiger partial charge in [-0.05, 0) is 72.7 Å². The molecule has 3 aromatic carbocycles. The highest BCUT2D eigenvalue weighted by Crippen LogP contribution is 2.28. The Hall–Kier alpha value is -4.63. The van der Waals surface area contributed by atoms with E-state index in [2.05, 4.69) is 10.6 Å². The summed E-state index contributed by atoms with van der Waals surface area (Å²) in [5, 5.41) is 5.07. The number of benzene rings is 3. The second kappa shape index (κ2) is 11.0. The molecule has 1 aliphatic heterocycles. The Morgan fingerprint density at radius 1 is 1.05 bits per heavy atom. The lowest BCUT2D eigenvalue weighted by atomic mass is 10.1. The standard InChI is InChI=1S/C27H22ClN3O6/c1-16-4-3-5-18(12-16)29-24(32)15-37-23-11-6-17(14-22(23)28)13-21-25(33)30-27(35)31(26(21)34)19-7-9-20(36-2)10-8-19/h3-14H,15H2,1-2H3,(H,29,32)(H,30,33,35)/b21-13+. The third-order valence-corrected chi connectivity index (χ3v) is 5.66. The topological polar surface area (TPSA) is 114 Å². The number of hydrogen-bond acceptors (Lipinski definition) is 6. The van der Waals surface area contributed by atoms with E-state index in [4.69, 9.17) is 21.1 Å². The van der Waals surface area contributed by atoms with E-state index in [0.29, 0.717) is 17.0 Å². The Labute approximate surface area is 217 Å². The van der Waals surface area contributed by atoms with Gasteiger partial charge in [0.15, 0.2) is 6.61 Å². The fourth-order valence-corrected chi connectivity index (χ4v) is 3.82. The highest BCUT2D eigenvalue weighted by atomic mass is 35.5. The summed E-state index contributed by atoms with van der Waals surface area (Å²) in [5.74, 6) is -1.18. The van der Waals surface area contributed by atoms with Crippen molar-refractivity contribution in [3.63, 3.8) is 0 Å². The van der Waals surface area contributed by atoms with Crippen LogP contribution in [-0.2, 0) is 14.4 Å². The quantitative estimate of drug-likeness (QED) is 0.354. The van der Waals surface area contributed by atoms with Crippen LogP contribution in [0.15, 0.2) is 72.3 Å². The minimum absolute atomic E-state index is 0.171. The van der Waals surface area contributed by atoms with E-state index in [1.165, 1.54) is 37.5 Å². The number of amides is 5. The van der Waals surface area contributed by atoms with E-state index in [1.54, 1.807) is 24.3 Å². The summed E-state index contributed by atoms with van der Waals surface area (Å²) < 4.78 is 10.6. The van der Waals surface area contributed by atoms with Gasteiger partial charge in [0, 0.05) is 5.69 Å². The zero-order chi connectivity index (χ0) is 26.5. The summed E-state index contributed by atoms with van der Waals surface area (Å²) >= 11 is 6.31. The molecule has 4 rings (SSSR count). The number of carbonyl (C=O) groups excluding carboxylic acids is 4. The largest absolute Gasteiger partial charge is 0.497 e. The predicted octanol–water partition coefficient (Wildman–Crippen LogP) is 4.34. The number of anilines is 2. The average Bonchev–Trinajstić information content (AvgIpc) is 2.86. The molecule has 10 heteroatoms. The molecule has 188 valence electrons. The highest BCUT2D eigenvalue weighted by Gasteiger charge is 2.36. The first-order valence-electron chi connectivity index (χ1n) is 11.1. The lowest BCUT2D eigenvalue weighted by Gasteiger charge is -2.26. The molecular formula is C27H22ClN3O6. The Kier molecular flexibility index (Phi) is 7.55. The Bertz CT molecular complexity index is 1420. The fraction of sp³-hybridized carbons (Fsp3) is 0.111. The molecule has 0 unspecified atom stereocenters. The number of halogens is 1. The molecule has 9 nitrogen and oxygen atoms in total. The molecule has 0 radical (unpaired) electrons. The van der Waals surface area contributed by atoms with Crippen LogP contribution in [0.2, 0.25) is 5.02 Å². The smallest absolute Gasteiger partial charge is 0.335 e. The third kappa shape index (κ3) is 5.96. The first-order chi connectivity index (χ1) is 17.7. The van der Waals surface area contributed by atoms with Crippen molar-refractivity contribution in [1.82, 2.24) is 5.32 Å². The van der Waals surface area contributed by atoms with Gasteiger partial charge < -0.3 is 14.8 Å². The van der Waals surface area contributed by atoms with E-state index >= 15 is 0 Å². The lowest BCUT2D eigenvalue weighted by molar-refractivity contribution is -0.122. The number of nitrogens with zero attached hydrogens (tertiary/aromatic N) is 1. The summed E-state index contributed by atoms with van der Waals surface area (Å²) in [6, 6.07) is 17.3. The van der Waals surface area contributed by atoms with Gasteiger partial charge in [-0.1, -0.05) is 29.8 Å². The Balaban J connectivity index is 1.47. The Morgan fingerprint density at radius 3 is 2.49 bits per heavy atom. The number of rotatable bonds is 7. The molecule has 0 aromatic heterocycles. The van der Waals surface area contributed by atoms with Crippen molar-refractivity contribution >= 4 is 52.8 Å². The van der Waals surface area contributed by atoms with Crippen LogP contribution in [-0.4, -0.2) is 37.5 Å². The maximum absolute atomic E-state index is 13.0. The second-order valence-electron chi connectivity index (χ2n) is 8.05. The van der Waals surface area contributed by atoms with Gasteiger partial charge in [-0.3, -0.25) is 19.7 Å². The van der Waals surface area contributed by atoms with E-state index < -0.39 is 17.8 Å². The van der Waals surface area contributed by atoms with Gasteiger partial charge in [-0.15, -0.1) is 0 Å². The van der Waals surface area contributed by atoms with E-state index in [1.807, 2.05) is 25.1 Å². The number of imide groups is 2. The molecule has 5 amide bonds. The van der Waals surface area contributed by atoms with Crippen molar-refractivity contribution in [3.8, 4) is 11.5 Å². The molecule has 3 aromatic rings. The molecular weight excluding hydrogens is 498 g/mol. The number of nitrogens with one attached hydrogen (secondary N) is 2. The molecule has 0 saturated carbocycles. The monoisotopic (exact) mass is 519 g/mol. The average molecular weight is 520 g/mol. The molecule has 1 fully saturated rings. The minimum Gasteiger partial charge on any atom is -0.497 e. The van der Waals surface area contributed by atoms with E-state index in [-0.39, 0.29) is 34.5 Å². The normalized spacial score (nSPS) is 14.4. The van der Waals surface area contributed by atoms with Crippen molar-refractivity contribution in [1.29, 1.82) is 0 Å². The molecule has 2 N–H and O–H groups in total. The van der Waals surface area contributed by atoms with Gasteiger partial charge in [-0.2, -0.15) is 0 Å². The summed E-state index contributed by atoms with van der Waals surface area (Å²) in [5.41, 5.74) is 2.10. The van der Waals surface area contributed by atoms with Crippen LogP contribution in [0.25, 0.3) is 6.08 Å². The number of urea groups is 1. The number of aryl methyl sites for hydroxylation is 1. The van der Waals surface area contributed by atoms with Gasteiger partial charge >= 0.3 is 6.03 Å². The first-order valence-corrected chi connectivity index (χ1v) is 11.5. The Morgan fingerprint density at radius 2 is 1.81 bits per heavy atom.